The molecule has 0 unspecified atom stereocenters. The van der Waals surface area contributed by atoms with Crippen LogP contribution in [0.3, 0.4) is 0 Å². The summed E-state index contributed by atoms with van der Waals surface area (Å²) in [4.78, 5) is 25.8. The van der Waals surface area contributed by atoms with Crippen molar-refractivity contribution < 1.29 is 46.8 Å². The molecule has 0 radical (unpaired) electrons. The van der Waals surface area contributed by atoms with Crippen molar-refractivity contribution in [3.05, 3.63) is 107 Å². The Balaban J connectivity index is 1.83. The molecule has 0 aliphatic heterocycles. The van der Waals surface area contributed by atoms with Crippen molar-refractivity contribution >= 4 is 29.6 Å². The van der Waals surface area contributed by atoms with E-state index in [1.54, 1.807) is 34.9 Å². The molecule has 0 aliphatic carbocycles. The molecule has 0 saturated carbocycles. The number of benzene rings is 3. The molecule has 13 heteroatoms. The fourth-order valence-electron chi connectivity index (χ4n) is 5.37. The van der Waals surface area contributed by atoms with Crippen LogP contribution < -0.4 is 10.1 Å². The molecule has 3 aromatic carbocycles. The van der Waals surface area contributed by atoms with Crippen LogP contribution in [0.5, 0.6) is 5.75 Å². The number of aliphatic hydroxyl groups is 2. The summed E-state index contributed by atoms with van der Waals surface area (Å²) in [6.45, 7) is 3.61. The second-order valence-corrected chi connectivity index (χ2v) is 11.8. The van der Waals surface area contributed by atoms with Crippen molar-refractivity contribution in [3.8, 4) is 28.0 Å². The SMILES string of the molecule is COC(=O)C[C@H](O)C[C@H](O)C=Cc1c(-c2ccc(F)cc2)c(-c2ccccc2)c(C(=O)NCc2ccc(OC(F)(F)F)c(Cl)c2)n1C(C)C. The van der Waals surface area contributed by atoms with Gasteiger partial charge < -0.3 is 29.6 Å². The number of hydrogen-bond donors (Lipinski definition) is 3. The van der Waals surface area contributed by atoms with Gasteiger partial charge in [0.2, 0.25) is 0 Å². The van der Waals surface area contributed by atoms with Gasteiger partial charge >= 0.3 is 12.3 Å². The molecule has 3 N–H and O–H groups in total. The average molecular weight is 703 g/mol. The minimum absolute atomic E-state index is 0.101. The van der Waals surface area contributed by atoms with E-state index in [-0.39, 0.29) is 36.1 Å². The van der Waals surface area contributed by atoms with Gasteiger partial charge in [-0.05, 0) is 60.9 Å². The molecule has 0 spiro atoms. The van der Waals surface area contributed by atoms with E-state index in [0.29, 0.717) is 33.5 Å². The Morgan fingerprint density at radius 1 is 0.980 bits per heavy atom. The van der Waals surface area contributed by atoms with Gasteiger partial charge in [0.25, 0.3) is 5.91 Å². The summed E-state index contributed by atoms with van der Waals surface area (Å²) >= 11 is 6.03. The van der Waals surface area contributed by atoms with Gasteiger partial charge in [0.05, 0.1) is 30.8 Å². The molecule has 260 valence electrons. The number of aromatic nitrogens is 1. The van der Waals surface area contributed by atoms with E-state index < -0.39 is 42.0 Å². The van der Waals surface area contributed by atoms with Gasteiger partial charge in [-0.15, -0.1) is 13.2 Å². The lowest BCUT2D eigenvalue weighted by Crippen LogP contribution is -2.27. The normalized spacial score (nSPS) is 13.0. The van der Waals surface area contributed by atoms with Crippen molar-refractivity contribution in [2.24, 2.45) is 0 Å². The van der Waals surface area contributed by atoms with Crippen LogP contribution in [0.15, 0.2) is 78.9 Å². The molecule has 0 saturated heterocycles. The Morgan fingerprint density at radius 3 is 2.22 bits per heavy atom. The lowest BCUT2D eigenvalue weighted by molar-refractivity contribution is -0.274. The van der Waals surface area contributed by atoms with Crippen LogP contribution in [0.2, 0.25) is 5.02 Å². The molecule has 0 bridgehead atoms. The second kappa shape index (κ2) is 16.2. The first-order valence-corrected chi connectivity index (χ1v) is 15.6. The predicted octanol–water partition coefficient (Wildman–Crippen LogP) is 7.71. The van der Waals surface area contributed by atoms with E-state index in [1.807, 2.05) is 32.0 Å². The van der Waals surface area contributed by atoms with Crippen LogP contribution in [0.4, 0.5) is 17.6 Å². The van der Waals surface area contributed by atoms with Crippen LogP contribution in [0.1, 0.15) is 54.5 Å². The smallest absolute Gasteiger partial charge is 0.469 e. The van der Waals surface area contributed by atoms with Gasteiger partial charge in [0.1, 0.15) is 17.3 Å². The first kappa shape index (κ1) is 37.2. The molecule has 0 aliphatic rings. The quantitative estimate of drug-likeness (QED) is 0.0973. The van der Waals surface area contributed by atoms with Crippen molar-refractivity contribution in [2.45, 2.75) is 57.8 Å². The standard InChI is InChI=1S/C36H35ClF4N2O6/c1-21(2)43-29(15-14-26(44)18-27(45)19-31(46)48-3)32(24-10-12-25(38)13-11-24)33(23-7-5-4-6-8-23)34(43)35(47)42-20-22-9-16-30(28(37)17-22)49-36(39,40)41/h4-17,21,26-27,44-45H,18-20H2,1-3H3,(H,42,47)/t26-,27-/m1/s1. The molecule has 1 amide bonds. The molecular formula is C36H35ClF4N2O6. The number of hydrogen-bond acceptors (Lipinski definition) is 6. The topological polar surface area (TPSA) is 110 Å². The van der Waals surface area contributed by atoms with Gasteiger partial charge in [0.15, 0.2) is 0 Å². The summed E-state index contributed by atoms with van der Waals surface area (Å²) in [6.07, 6.45) is -4.73. The fourth-order valence-corrected chi connectivity index (χ4v) is 5.61. The van der Waals surface area contributed by atoms with Crippen molar-refractivity contribution in [1.82, 2.24) is 9.88 Å². The number of aliphatic hydroxyl groups excluding tert-OH is 2. The van der Waals surface area contributed by atoms with Gasteiger partial charge in [-0.1, -0.05) is 66.2 Å². The minimum atomic E-state index is -4.93. The number of carbonyl (C=O) groups excluding carboxylic acids is 2. The fraction of sp³-hybridized carbons (Fsp3) is 0.278. The lowest BCUT2D eigenvalue weighted by atomic mass is 9.94. The Morgan fingerprint density at radius 2 is 1.63 bits per heavy atom. The molecule has 8 nitrogen and oxygen atoms in total. The number of methoxy groups -OCH3 is 1. The third kappa shape index (κ3) is 9.71. The summed E-state index contributed by atoms with van der Waals surface area (Å²) < 4.78 is 62.6. The molecular weight excluding hydrogens is 668 g/mol. The van der Waals surface area contributed by atoms with Crippen LogP contribution >= 0.6 is 11.6 Å². The van der Waals surface area contributed by atoms with E-state index in [1.165, 1.54) is 37.5 Å². The highest BCUT2D eigenvalue weighted by Crippen LogP contribution is 2.42. The van der Waals surface area contributed by atoms with Crippen LogP contribution in [0.25, 0.3) is 28.3 Å². The van der Waals surface area contributed by atoms with Crippen LogP contribution in [-0.4, -0.2) is 52.3 Å². The van der Waals surface area contributed by atoms with Crippen LogP contribution in [-0.2, 0) is 16.1 Å². The van der Waals surface area contributed by atoms with Gasteiger partial charge in [-0.3, -0.25) is 9.59 Å². The second-order valence-electron chi connectivity index (χ2n) is 11.4. The number of rotatable bonds is 13. The Bertz CT molecular complexity index is 1790. The minimum Gasteiger partial charge on any atom is -0.469 e. The summed E-state index contributed by atoms with van der Waals surface area (Å²) in [5.74, 6) is -2.21. The first-order chi connectivity index (χ1) is 23.2. The zero-order chi connectivity index (χ0) is 35.9. The van der Waals surface area contributed by atoms with Crippen molar-refractivity contribution in [1.29, 1.82) is 0 Å². The molecule has 1 heterocycles. The Labute approximate surface area is 285 Å². The Kier molecular flexibility index (Phi) is 12.3. The Hall–Kier alpha value is -4.65. The molecule has 2 atom stereocenters. The highest BCUT2D eigenvalue weighted by molar-refractivity contribution is 6.32. The number of esters is 1. The highest BCUT2D eigenvalue weighted by Gasteiger charge is 2.32. The molecule has 0 fully saturated rings. The van der Waals surface area contributed by atoms with Gasteiger partial charge in [0, 0.05) is 35.8 Å². The molecule has 49 heavy (non-hydrogen) atoms. The van der Waals surface area contributed by atoms with Gasteiger partial charge in [-0.2, -0.15) is 0 Å². The summed E-state index contributed by atoms with van der Waals surface area (Å²) in [5, 5.41) is 23.6. The van der Waals surface area contributed by atoms with Crippen molar-refractivity contribution in [3.63, 3.8) is 0 Å². The van der Waals surface area contributed by atoms with Crippen LogP contribution in [0, 0.1) is 5.82 Å². The zero-order valence-electron chi connectivity index (χ0n) is 26.8. The number of alkyl halides is 3. The summed E-state index contributed by atoms with van der Waals surface area (Å²) in [6, 6.07) is 18.1. The highest BCUT2D eigenvalue weighted by atomic mass is 35.5. The molecule has 4 rings (SSSR count). The average Bonchev–Trinajstić information content (AvgIpc) is 3.39. The third-order valence-corrected chi connectivity index (χ3v) is 7.76. The number of nitrogens with zero attached hydrogens (tertiary/aromatic N) is 1. The van der Waals surface area contributed by atoms with E-state index in [4.69, 9.17) is 11.6 Å². The first-order valence-electron chi connectivity index (χ1n) is 15.2. The van der Waals surface area contributed by atoms with Crippen molar-refractivity contribution in [2.75, 3.05) is 7.11 Å². The number of halogens is 5. The van der Waals surface area contributed by atoms with E-state index >= 15 is 0 Å². The lowest BCUT2D eigenvalue weighted by Gasteiger charge is -2.18. The maximum Gasteiger partial charge on any atom is 0.573 e. The maximum absolute atomic E-state index is 14.2. The third-order valence-electron chi connectivity index (χ3n) is 7.47. The largest absolute Gasteiger partial charge is 0.573 e. The maximum atomic E-state index is 14.2. The number of nitrogens with one attached hydrogen (secondary N) is 1. The number of carbonyl (C=O) groups is 2. The van der Waals surface area contributed by atoms with Gasteiger partial charge in [-0.25, -0.2) is 4.39 Å². The number of ether oxygens (including phenoxy) is 2. The predicted molar refractivity (Wildman–Crippen MR) is 177 cm³/mol. The molecule has 4 aromatic rings. The zero-order valence-corrected chi connectivity index (χ0v) is 27.6. The summed E-state index contributed by atoms with van der Waals surface area (Å²) in [5.41, 5.74) is 3.41. The monoisotopic (exact) mass is 702 g/mol. The van der Waals surface area contributed by atoms with E-state index in [0.717, 1.165) is 6.07 Å². The van der Waals surface area contributed by atoms with E-state index in [9.17, 15) is 37.4 Å². The van der Waals surface area contributed by atoms with E-state index in [2.05, 4.69) is 14.8 Å². The molecule has 1 aromatic heterocycles. The summed E-state index contributed by atoms with van der Waals surface area (Å²) in [7, 11) is 1.19. The number of amides is 1.